The normalized spacial score (nSPS) is 13.9. The summed E-state index contributed by atoms with van der Waals surface area (Å²) in [4.78, 5) is 23.8. The summed E-state index contributed by atoms with van der Waals surface area (Å²) in [6, 6.07) is 10.5. The molecular weight excluding hydrogens is 327 g/mol. The number of ether oxygens (including phenoxy) is 2. The molecule has 0 radical (unpaired) electrons. The van der Waals surface area contributed by atoms with Crippen LogP contribution >= 0.6 is 0 Å². The maximum absolute atomic E-state index is 12.9. The molecule has 1 aliphatic heterocycles. The van der Waals surface area contributed by atoms with Crippen molar-refractivity contribution in [3.63, 3.8) is 0 Å². The van der Waals surface area contributed by atoms with Crippen LogP contribution in [0.4, 0.5) is 15.8 Å². The highest BCUT2D eigenvalue weighted by atomic mass is 19.1. The van der Waals surface area contributed by atoms with Crippen LogP contribution in [0.25, 0.3) is 0 Å². The highest BCUT2D eigenvalue weighted by molar-refractivity contribution is 5.98. The van der Waals surface area contributed by atoms with E-state index in [1.54, 1.807) is 18.2 Å². The van der Waals surface area contributed by atoms with Crippen LogP contribution < -0.4 is 20.1 Å². The van der Waals surface area contributed by atoms with Gasteiger partial charge < -0.3 is 20.1 Å². The van der Waals surface area contributed by atoms with Crippen LogP contribution in [0.2, 0.25) is 0 Å². The molecule has 130 valence electrons. The minimum Gasteiger partial charge on any atom is -0.482 e. The molecule has 0 aromatic heterocycles. The van der Waals surface area contributed by atoms with Crippen LogP contribution in [0.1, 0.15) is 13.3 Å². The van der Waals surface area contributed by atoms with Gasteiger partial charge in [0.15, 0.2) is 12.7 Å². The second-order valence-corrected chi connectivity index (χ2v) is 5.51. The Morgan fingerprint density at radius 2 is 2.08 bits per heavy atom. The molecule has 1 heterocycles. The monoisotopic (exact) mass is 344 g/mol. The molecule has 0 bridgehead atoms. The smallest absolute Gasteiger partial charge is 0.265 e. The minimum absolute atomic E-state index is 0.0257. The quantitative estimate of drug-likeness (QED) is 0.874. The maximum Gasteiger partial charge on any atom is 0.265 e. The first kappa shape index (κ1) is 16.8. The Balaban J connectivity index is 1.68. The summed E-state index contributed by atoms with van der Waals surface area (Å²) in [6.07, 6.45) is -0.291. The third-order valence-electron chi connectivity index (χ3n) is 3.64. The molecule has 0 fully saturated rings. The molecule has 0 aliphatic carbocycles. The zero-order valence-corrected chi connectivity index (χ0v) is 13.5. The average molecular weight is 344 g/mol. The Kier molecular flexibility index (Phi) is 4.83. The lowest BCUT2D eigenvalue weighted by Crippen LogP contribution is -2.32. The number of anilines is 2. The number of amides is 2. The van der Waals surface area contributed by atoms with Crippen molar-refractivity contribution in [3.8, 4) is 11.5 Å². The first-order valence-corrected chi connectivity index (χ1v) is 7.85. The molecule has 7 heteroatoms. The van der Waals surface area contributed by atoms with E-state index in [2.05, 4.69) is 10.6 Å². The number of rotatable bonds is 5. The van der Waals surface area contributed by atoms with Crippen LogP contribution in [0.15, 0.2) is 42.5 Å². The van der Waals surface area contributed by atoms with E-state index in [-0.39, 0.29) is 24.2 Å². The van der Waals surface area contributed by atoms with Gasteiger partial charge in [-0.25, -0.2) is 4.39 Å². The molecule has 6 nitrogen and oxygen atoms in total. The Bertz CT molecular complexity index is 792. The zero-order valence-electron chi connectivity index (χ0n) is 13.5. The van der Waals surface area contributed by atoms with Crippen molar-refractivity contribution in [1.29, 1.82) is 0 Å². The van der Waals surface area contributed by atoms with Crippen LogP contribution in [0.5, 0.6) is 11.5 Å². The highest BCUT2D eigenvalue weighted by Crippen LogP contribution is 2.30. The summed E-state index contributed by atoms with van der Waals surface area (Å²) in [7, 11) is 0. The fraction of sp³-hybridized carbons (Fsp3) is 0.222. The molecule has 3 rings (SSSR count). The molecule has 1 aliphatic rings. The first-order valence-electron chi connectivity index (χ1n) is 7.85. The number of fused-ring (bicyclic) bond motifs is 1. The third kappa shape index (κ3) is 4.06. The molecule has 25 heavy (non-hydrogen) atoms. The molecular formula is C18H17FN2O4. The molecule has 0 spiro atoms. The Morgan fingerprint density at radius 1 is 1.32 bits per heavy atom. The summed E-state index contributed by atoms with van der Waals surface area (Å²) in [5.74, 6) is 0.00164. The number of hydrogen-bond acceptors (Lipinski definition) is 4. The fourth-order valence-electron chi connectivity index (χ4n) is 2.38. The molecule has 2 aromatic carbocycles. The van der Waals surface area contributed by atoms with Crippen LogP contribution in [-0.2, 0) is 9.59 Å². The summed E-state index contributed by atoms with van der Waals surface area (Å²) in [6.45, 7) is 1.79. The Morgan fingerprint density at radius 3 is 2.80 bits per heavy atom. The van der Waals surface area contributed by atoms with Gasteiger partial charge in [-0.1, -0.05) is 6.92 Å². The predicted molar refractivity (Wildman–Crippen MR) is 90.3 cm³/mol. The average Bonchev–Trinajstić information content (AvgIpc) is 2.60. The molecule has 2 N–H and O–H groups in total. The lowest BCUT2D eigenvalue weighted by Gasteiger charge is -2.20. The van der Waals surface area contributed by atoms with E-state index < -0.39 is 6.10 Å². The molecule has 2 aromatic rings. The van der Waals surface area contributed by atoms with Gasteiger partial charge in [0.05, 0.1) is 5.69 Å². The van der Waals surface area contributed by atoms with Crippen molar-refractivity contribution in [2.45, 2.75) is 19.4 Å². The maximum atomic E-state index is 12.9. The van der Waals surface area contributed by atoms with E-state index in [4.69, 9.17) is 9.47 Å². The van der Waals surface area contributed by atoms with Crippen molar-refractivity contribution in [2.24, 2.45) is 0 Å². The van der Waals surface area contributed by atoms with E-state index >= 15 is 0 Å². The van der Waals surface area contributed by atoms with Gasteiger partial charge in [0.1, 0.15) is 17.3 Å². The van der Waals surface area contributed by atoms with Crippen molar-refractivity contribution >= 4 is 23.2 Å². The van der Waals surface area contributed by atoms with Crippen LogP contribution in [-0.4, -0.2) is 24.5 Å². The van der Waals surface area contributed by atoms with Crippen molar-refractivity contribution < 1.29 is 23.5 Å². The SMILES string of the molecule is CC[C@@H](Oc1ccc(F)cc1)C(=O)Nc1ccc2c(c1)NC(=O)CO2. The van der Waals surface area contributed by atoms with Gasteiger partial charge in [-0.15, -0.1) is 0 Å². The summed E-state index contributed by atoms with van der Waals surface area (Å²) >= 11 is 0. The topological polar surface area (TPSA) is 76.7 Å². The highest BCUT2D eigenvalue weighted by Gasteiger charge is 2.20. The van der Waals surface area contributed by atoms with Gasteiger partial charge >= 0.3 is 0 Å². The van der Waals surface area contributed by atoms with Gasteiger partial charge in [-0.05, 0) is 48.9 Å². The second-order valence-electron chi connectivity index (χ2n) is 5.51. The third-order valence-corrected chi connectivity index (χ3v) is 3.64. The van der Waals surface area contributed by atoms with E-state index in [0.717, 1.165) is 0 Å². The van der Waals surface area contributed by atoms with Gasteiger partial charge in [0.2, 0.25) is 0 Å². The van der Waals surface area contributed by atoms with E-state index in [0.29, 0.717) is 29.3 Å². The van der Waals surface area contributed by atoms with E-state index in [9.17, 15) is 14.0 Å². The predicted octanol–water partition coefficient (Wildman–Crippen LogP) is 2.95. The Hall–Kier alpha value is -3.09. The summed E-state index contributed by atoms with van der Waals surface area (Å²) in [5.41, 5.74) is 1.01. The van der Waals surface area contributed by atoms with Gasteiger partial charge in [0.25, 0.3) is 11.8 Å². The van der Waals surface area contributed by atoms with Gasteiger partial charge in [-0.3, -0.25) is 9.59 Å². The van der Waals surface area contributed by atoms with Gasteiger partial charge in [0, 0.05) is 5.69 Å². The molecule has 2 amide bonds. The number of carbonyl (C=O) groups excluding carboxylic acids is 2. The van der Waals surface area contributed by atoms with Gasteiger partial charge in [-0.2, -0.15) is 0 Å². The molecule has 0 saturated carbocycles. The largest absolute Gasteiger partial charge is 0.482 e. The van der Waals surface area contributed by atoms with Crippen molar-refractivity contribution in [3.05, 3.63) is 48.3 Å². The summed E-state index contributed by atoms with van der Waals surface area (Å²) < 4.78 is 23.8. The number of hydrogen-bond donors (Lipinski definition) is 2. The van der Waals surface area contributed by atoms with Crippen LogP contribution in [0.3, 0.4) is 0 Å². The minimum atomic E-state index is -0.729. The molecule has 0 unspecified atom stereocenters. The van der Waals surface area contributed by atoms with E-state index in [1.807, 2.05) is 6.92 Å². The standard InChI is InChI=1S/C18H17FN2O4/c1-2-15(25-13-6-3-11(19)4-7-13)18(23)20-12-5-8-16-14(9-12)21-17(22)10-24-16/h3-9,15H,2,10H2,1H3,(H,20,23)(H,21,22)/t15-/m1/s1. The Labute approximate surface area is 143 Å². The zero-order chi connectivity index (χ0) is 17.8. The summed E-state index contributed by atoms with van der Waals surface area (Å²) in [5, 5.41) is 5.42. The van der Waals surface area contributed by atoms with Crippen molar-refractivity contribution in [2.75, 3.05) is 17.2 Å². The van der Waals surface area contributed by atoms with E-state index in [1.165, 1.54) is 24.3 Å². The number of carbonyl (C=O) groups is 2. The first-order chi connectivity index (χ1) is 12.0. The number of nitrogens with one attached hydrogen (secondary N) is 2. The molecule has 0 saturated heterocycles. The fourth-order valence-corrected chi connectivity index (χ4v) is 2.38. The number of halogens is 1. The van der Waals surface area contributed by atoms with Crippen LogP contribution in [0, 0.1) is 5.82 Å². The van der Waals surface area contributed by atoms with Crippen molar-refractivity contribution in [1.82, 2.24) is 0 Å². The molecule has 1 atom stereocenters. The lowest BCUT2D eigenvalue weighted by molar-refractivity contribution is -0.122. The number of benzene rings is 2. The lowest BCUT2D eigenvalue weighted by atomic mass is 10.2. The second kappa shape index (κ2) is 7.21.